The zero-order chi connectivity index (χ0) is 28.6. The Labute approximate surface area is 237 Å². The number of nitrogens with zero attached hydrogens (tertiary/aromatic N) is 5. The van der Waals surface area contributed by atoms with Crippen LogP contribution in [0.15, 0.2) is 92.4 Å². The second-order valence-corrected chi connectivity index (χ2v) is 9.65. The summed E-state index contributed by atoms with van der Waals surface area (Å²) in [6.45, 7) is -0.506. The Morgan fingerprint density at radius 3 is 2.42 bits per heavy atom. The Bertz CT molecular complexity index is 1590. The van der Waals surface area contributed by atoms with Crippen LogP contribution in [0.1, 0.15) is 5.56 Å². The van der Waals surface area contributed by atoms with Gasteiger partial charge in [-0.3, -0.25) is 4.57 Å². The monoisotopic (exact) mass is 588 g/mol. The third kappa shape index (κ3) is 7.07. The molecule has 13 nitrogen and oxygen atoms in total. The maximum absolute atomic E-state index is 13.6. The quantitative estimate of drug-likeness (QED) is 0.0996. The highest BCUT2D eigenvalue weighted by Crippen LogP contribution is 2.21. The first-order chi connectivity index (χ1) is 19.3. The van der Waals surface area contributed by atoms with Crippen molar-refractivity contribution in [2.45, 2.75) is 18.6 Å². The van der Waals surface area contributed by atoms with E-state index in [9.17, 15) is 14.5 Å². The summed E-state index contributed by atoms with van der Waals surface area (Å²) in [6.07, 6.45) is 5.12. The molecule has 0 bridgehead atoms. The van der Waals surface area contributed by atoms with Crippen molar-refractivity contribution < 1.29 is 9.57 Å². The van der Waals surface area contributed by atoms with E-state index in [1.54, 1.807) is 66.9 Å². The predicted molar refractivity (Wildman–Crippen MR) is 150 cm³/mol. The second kappa shape index (κ2) is 13.3. The average Bonchev–Trinajstić information content (AvgIpc) is 2.94. The molecular weight excluding hydrogens is 563 g/mol. The molecule has 2 aromatic carbocycles. The van der Waals surface area contributed by atoms with Crippen molar-refractivity contribution in [3.8, 4) is 5.75 Å². The van der Waals surface area contributed by atoms with E-state index in [0.29, 0.717) is 27.8 Å². The fraction of sp³-hybridized carbons (Fsp3) is 0.240. The molecule has 0 radical (unpaired) electrons. The Morgan fingerprint density at radius 1 is 1.05 bits per heavy atom. The third-order valence-electron chi connectivity index (χ3n) is 5.83. The molecule has 2 unspecified atom stereocenters. The Kier molecular flexibility index (Phi) is 9.56. The number of nitroso groups, excluding NO2 is 1. The first-order valence-electron chi connectivity index (χ1n) is 12.0. The van der Waals surface area contributed by atoms with Crippen LogP contribution in [0.3, 0.4) is 0 Å². The van der Waals surface area contributed by atoms with E-state index in [2.05, 4.69) is 20.3 Å². The van der Waals surface area contributed by atoms with Gasteiger partial charge in [0.25, 0.3) is 0 Å². The SMILES string of the molecule is NOCC(CN=O)Cn1c(=O)n(N)c(=Nc2ccc(OC3=CC(Cl)NC=C3)cc2)n(Cc2ccc(Cl)cc2)c1=O. The number of dihydropyridines is 1. The van der Waals surface area contributed by atoms with Crippen molar-refractivity contribution in [2.75, 3.05) is 19.0 Å². The molecule has 1 aromatic heterocycles. The van der Waals surface area contributed by atoms with Gasteiger partial charge in [-0.15, -0.1) is 0 Å². The van der Waals surface area contributed by atoms with E-state index >= 15 is 0 Å². The van der Waals surface area contributed by atoms with Crippen LogP contribution in [0, 0.1) is 10.8 Å². The lowest BCUT2D eigenvalue weighted by Crippen LogP contribution is -2.58. The summed E-state index contributed by atoms with van der Waals surface area (Å²) >= 11 is 12.1. The van der Waals surface area contributed by atoms with Crippen LogP contribution >= 0.6 is 23.2 Å². The molecule has 0 saturated heterocycles. The van der Waals surface area contributed by atoms with Crippen molar-refractivity contribution in [3.05, 3.63) is 115 Å². The molecule has 2 atom stereocenters. The van der Waals surface area contributed by atoms with Crippen molar-refractivity contribution >= 4 is 28.9 Å². The highest BCUT2D eigenvalue weighted by molar-refractivity contribution is 6.30. The first kappa shape index (κ1) is 28.8. The van der Waals surface area contributed by atoms with Gasteiger partial charge in [-0.25, -0.2) is 25.0 Å². The first-order valence-corrected chi connectivity index (χ1v) is 12.8. The normalized spacial score (nSPS) is 15.8. The number of allylic oxidation sites excluding steroid dienone is 1. The molecule has 15 heteroatoms. The van der Waals surface area contributed by atoms with Crippen molar-refractivity contribution in [1.82, 2.24) is 19.1 Å². The minimum Gasteiger partial charge on any atom is -0.458 e. The molecule has 0 spiro atoms. The number of nitrogens with two attached hydrogens (primary N) is 2. The standard InChI is InChI=1S/C25H26Cl2N8O5/c26-18-3-1-16(2-4-18)13-33-23(35(28)25(37)34(24(33)36)14-17(12-31-38)15-39-29)32-19-5-7-20(8-6-19)40-21-9-10-30-22(27)11-21/h1-11,17,22,30H,12-15,28-29H2. The van der Waals surface area contributed by atoms with Gasteiger partial charge in [-0.05, 0) is 54.1 Å². The van der Waals surface area contributed by atoms with Crippen LogP contribution < -0.4 is 38.8 Å². The molecule has 2 heterocycles. The van der Waals surface area contributed by atoms with Crippen LogP contribution in [0.5, 0.6) is 5.75 Å². The molecule has 5 N–H and O–H groups in total. The molecule has 1 aliphatic heterocycles. The molecule has 0 amide bonds. The van der Waals surface area contributed by atoms with E-state index in [1.165, 1.54) is 4.57 Å². The predicted octanol–water partition coefficient (Wildman–Crippen LogP) is 1.68. The summed E-state index contributed by atoms with van der Waals surface area (Å²) in [4.78, 5) is 46.8. The Balaban J connectivity index is 1.77. The van der Waals surface area contributed by atoms with E-state index in [0.717, 1.165) is 9.24 Å². The number of benzene rings is 2. The lowest BCUT2D eigenvalue weighted by atomic mass is 10.1. The molecule has 40 heavy (non-hydrogen) atoms. The highest BCUT2D eigenvalue weighted by Gasteiger charge is 2.18. The molecule has 3 aromatic rings. The number of nitrogens with one attached hydrogen (secondary N) is 1. The van der Waals surface area contributed by atoms with Gasteiger partial charge in [0.15, 0.2) is 0 Å². The zero-order valence-electron chi connectivity index (χ0n) is 21.0. The number of halogens is 2. The van der Waals surface area contributed by atoms with Crippen molar-refractivity contribution in [3.63, 3.8) is 0 Å². The summed E-state index contributed by atoms with van der Waals surface area (Å²) in [5, 5.41) is 6.27. The van der Waals surface area contributed by atoms with Crippen molar-refractivity contribution in [1.29, 1.82) is 0 Å². The topological polar surface area (TPSA) is 173 Å². The van der Waals surface area contributed by atoms with Gasteiger partial charge in [0.05, 0.1) is 25.4 Å². The van der Waals surface area contributed by atoms with Gasteiger partial charge < -0.3 is 20.7 Å². The van der Waals surface area contributed by atoms with E-state index in [-0.39, 0.29) is 37.4 Å². The van der Waals surface area contributed by atoms with Crippen LogP contribution in [0.2, 0.25) is 5.02 Å². The fourth-order valence-electron chi connectivity index (χ4n) is 3.88. The smallest absolute Gasteiger partial charge is 0.353 e. The summed E-state index contributed by atoms with van der Waals surface area (Å²) in [5.74, 6) is 11.8. The van der Waals surface area contributed by atoms with Gasteiger partial charge in [-0.1, -0.05) is 40.5 Å². The Morgan fingerprint density at radius 2 is 1.77 bits per heavy atom. The summed E-state index contributed by atoms with van der Waals surface area (Å²) in [7, 11) is 0. The van der Waals surface area contributed by atoms with Crippen LogP contribution in [-0.2, 0) is 17.9 Å². The summed E-state index contributed by atoms with van der Waals surface area (Å²) < 4.78 is 8.71. The zero-order valence-corrected chi connectivity index (χ0v) is 22.5. The van der Waals surface area contributed by atoms with Crippen LogP contribution in [0.4, 0.5) is 5.69 Å². The lowest BCUT2D eigenvalue weighted by Gasteiger charge is -2.17. The lowest BCUT2D eigenvalue weighted by molar-refractivity contribution is 0.0959. The van der Waals surface area contributed by atoms with Crippen LogP contribution in [-0.4, -0.2) is 32.5 Å². The van der Waals surface area contributed by atoms with E-state index < -0.39 is 17.3 Å². The summed E-state index contributed by atoms with van der Waals surface area (Å²) in [6, 6.07) is 13.5. The molecule has 210 valence electrons. The number of aromatic nitrogens is 3. The number of alkyl halides is 1. The van der Waals surface area contributed by atoms with E-state index in [4.69, 9.17) is 39.7 Å². The summed E-state index contributed by atoms with van der Waals surface area (Å²) in [5.41, 5.74) is -0.935. The third-order valence-corrected chi connectivity index (χ3v) is 6.33. The van der Waals surface area contributed by atoms with E-state index in [1.807, 2.05) is 0 Å². The number of ether oxygens (including phenoxy) is 1. The van der Waals surface area contributed by atoms with Gasteiger partial charge in [-0.2, -0.15) is 9.58 Å². The van der Waals surface area contributed by atoms with Crippen molar-refractivity contribution in [2.24, 2.45) is 22.0 Å². The van der Waals surface area contributed by atoms with Gasteiger partial charge in [0.2, 0.25) is 5.62 Å². The maximum atomic E-state index is 13.6. The molecule has 0 aliphatic carbocycles. The minimum atomic E-state index is -0.843. The average molecular weight is 589 g/mol. The molecule has 4 rings (SSSR count). The Hall–Kier alpha value is -4.17. The van der Waals surface area contributed by atoms with Gasteiger partial charge in [0, 0.05) is 23.7 Å². The fourth-order valence-corrected chi connectivity index (χ4v) is 4.20. The molecule has 0 saturated carbocycles. The molecule has 0 fully saturated rings. The second-order valence-electron chi connectivity index (χ2n) is 8.75. The molecule has 1 aliphatic rings. The molecular formula is C25H26Cl2N8O5. The largest absolute Gasteiger partial charge is 0.458 e. The van der Waals surface area contributed by atoms with Gasteiger partial charge >= 0.3 is 11.4 Å². The van der Waals surface area contributed by atoms with Crippen LogP contribution in [0.25, 0.3) is 0 Å². The number of hydrogen-bond donors (Lipinski definition) is 3. The minimum absolute atomic E-state index is 0.0195. The highest BCUT2D eigenvalue weighted by atomic mass is 35.5. The number of hydrogen-bond acceptors (Lipinski definition) is 10. The maximum Gasteiger partial charge on any atom is 0.353 e. The number of rotatable bonds is 11. The number of nitrogen functional groups attached to an aromatic ring is 1. The van der Waals surface area contributed by atoms with Gasteiger partial charge in [0.1, 0.15) is 17.0 Å².